The Labute approximate surface area is 197 Å². The van der Waals surface area contributed by atoms with Gasteiger partial charge in [-0.2, -0.15) is 5.26 Å². The quantitative estimate of drug-likeness (QED) is 0.505. The van der Waals surface area contributed by atoms with Gasteiger partial charge in [0.05, 0.1) is 41.7 Å². The molecule has 0 bridgehead atoms. The normalized spacial score (nSPS) is 17.4. The molecular formula is C21H18ClFN8O3. The molecule has 3 atom stereocenters. The van der Waals surface area contributed by atoms with E-state index in [0.29, 0.717) is 17.8 Å². The van der Waals surface area contributed by atoms with E-state index < -0.39 is 18.0 Å². The third kappa shape index (κ3) is 4.94. The van der Waals surface area contributed by atoms with Crippen molar-refractivity contribution < 1.29 is 18.7 Å². The highest BCUT2D eigenvalue weighted by atomic mass is 35.5. The van der Waals surface area contributed by atoms with Gasteiger partial charge in [0.1, 0.15) is 17.1 Å². The van der Waals surface area contributed by atoms with Crippen molar-refractivity contribution in [1.82, 2.24) is 25.0 Å². The van der Waals surface area contributed by atoms with Gasteiger partial charge in [0.2, 0.25) is 5.91 Å². The fourth-order valence-corrected chi connectivity index (χ4v) is 3.47. The highest BCUT2D eigenvalue weighted by molar-refractivity contribution is 6.30. The summed E-state index contributed by atoms with van der Waals surface area (Å²) in [5.74, 6) is -1.17. The van der Waals surface area contributed by atoms with E-state index in [1.807, 2.05) is 0 Å². The summed E-state index contributed by atoms with van der Waals surface area (Å²) in [5.41, 5.74) is 1.33. The van der Waals surface area contributed by atoms with Crippen LogP contribution in [0.5, 0.6) is 0 Å². The Morgan fingerprint density at radius 2 is 2.12 bits per heavy atom. The minimum absolute atomic E-state index is 0.0193. The van der Waals surface area contributed by atoms with Gasteiger partial charge in [-0.25, -0.2) is 18.9 Å². The van der Waals surface area contributed by atoms with Gasteiger partial charge in [-0.15, -0.1) is 5.10 Å². The molecule has 4 rings (SSSR count). The van der Waals surface area contributed by atoms with Crippen molar-refractivity contribution in [3.63, 3.8) is 0 Å². The Kier molecular flexibility index (Phi) is 6.38. The lowest BCUT2D eigenvalue weighted by molar-refractivity contribution is -0.117. The largest absolute Gasteiger partial charge is 0.441 e. The van der Waals surface area contributed by atoms with E-state index in [1.54, 1.807) is 19.2 Å². The number of rotatable bonds is 6. The van der Waals surface area contributed by atoms with E-state index in [-0.39, 0.29) is 40.0 Å². The van der Waals surface area contributed by atoms with E-state index in [9.17, 15) is 14.0 Å². The number of hydrogen-bond donors (Lipinski definition) is 2. The van der Waals surface area contributed by atoms with Gasteiger partial charge in [0.15, 0.2) is 11.5 Å². The number of anilines is 2. The van der Waals surface area contributed by atoms with E-state index in [4.69, 9.17) is 21.6 Å². The lowest BCUT2D eigenvalue weighted by Crippen LogP contribution is -2.19. The van der Waals surface area contributed by atoms with Gasteiger partial charge in [-0.3, -0.25) is 15.1 Å². The number of aryl methyl sites for hydroxylation is 1. The lowest BCUT2D eigenvalue weighted by atomic mass is 10.2. The zero-order chi connectivity index (χ0) is 24.4. The summed E-state index contributed by atoms with van der Waals surface area (Å²) in [7, 11) is 1.57. The van der Waals surface area contributed by atoms with E-state index in [2.05, 4.69) is 37.0 Å². The molecule has 0 saturated heterocycles. The van der Waals surface area contributed by atoms with Crippen molar-refractivity contribution in [1.29, 1.82) is 5.26 Å². The molecule has 3 aromatic heterocycles. The second-order valence-electron chi connectivity index (χ2n) is 7.62. The Morgan fingerprint density at radius 1 is 1.32 bits per heavy atom. The summed E-state index contributed by atoms with van der Waals surface area (Å²) in [6, 6.07) is 6.44. The number of halogens is 2. The molecule has 1 saturated carbocycles. The van der Waals surface area contributed by atoms with Crippen LogP contribution in [0, 0.1) is 29.0 Å². The topological polar surface area (TPSA) is 148 Å². The van der Waals surface area contributed by atoms with E-state index in [1.165, 1.54) is 17.8 Å². The third-order valence-corrected chi connectivity index (χ3v) is 5.48. The molecule has 0 radical (unpaired) electrons. The predicted octanol–water partition coefficient (Wildman–Crippen LogP) is 3.47. The van der Waals surface area contributed by atoms with Crippen LogP contribution in [0.25, 0.3) is 11.4 Å². The number of nitriles is 1. The van der Waals surface area contributed by atoms with E-state index in [0.717, 1.165) is 12.3 Å². The molecule has 1 aliphatic rings. The van der Waals surface area contributed by atoms with Gasteiger partial charge < -0.3 is 10.1 Å². The fraction of sp³-hybridized carbons (Fsp3) is 0.286. The number of hydrogen-bond acceptors (Lipinski definition) is 8. The van der Waals surface area contributed by atoms with Gasteiger partial charge in [-0.05, 0) is 31.5 Å². The van der Waals surface area contributed by atoms with Crippen LogP contribution in [0.3, 0.4) is 0 Å². The Balaban J connectivity index is 1.44. The van der Waals surface area contributed by atoms with Crippen LogP contribution in [0.1, 0.15) is 25.0 Å². The molecule has 1 fully saturated rings. The third-order valence-electron chi connectivity index (χ3n) is 5.17. The van der Waals surface area contributed by atoms with Gasteiger partial charge >= 0.3 is 6.09 Å². The zero-order valence-electron chi connectivity index (χ0n) is 18.0. The molecule has 34 heavy (non-hydrogen) atoms. The smallest absolute Gasteiger partial charge is 0.413 e. The minimum atomic E-state index is -0.881. The average Bonchev–Trinajstić information content (AvgIpc) is 3.53. The maximum atomic E-state index is 13.5. The molecule has 11 nitrogen and oxygen atoms in total. The maximum Gasteiger partial charge on any atom is 0.413 e. The van der Waals surface area contributed by atoms with Crippen LogP contribution >= 0.6 is 11.6 Å². The summed E-state index contributed by atoms with van der Waals surface area (Å²) in [4.78, 5) is 32.5. The molecule has 3 heterocycles. The molecule has 13 heteroatoms. The minimum Gasteiger partial charge on any atom is -0.441 e. The first-order valence-electron chi connectivity index (χ1n) is 10.1. The van der Waals surface area contributed by atoms with Crippen LogP contribution in [0.4, 0.5) is 20.7 Å². The van der Waals surface area contributed by atoms with Crippen LogP contribution in [0.15, 0.2) is 30.6 Å². The predicted molar refractivity (Wildman–Crippen MR) is 118 cm³/mol. The van der Waals surface area contributed by atoms with Crippen LogP contribution in [-0.4, -0.2) is 37.0 Å². The van der Waals surface area contributed by atoms with Crippen molar-refractivity contribution in [2.24, 2.45) is 18.9 Å². The molecule has 2 unspecified atom stereocenters. The Bertz CT molecular complexity index is 1290. The number of ether oxygens (including phenoxy) is 1. The number of aromatic nitrogens is 5. The van der Waals surface area contributed by atoms with Gasteiger partial charge in [-0.1, -0.05) is 16.8 Å². The molecule has 0 aromatic carbocycles. The summed E-state index contributed by atoms with van der Waals surface area (Å²) in [6.45, 7) is 1.53. The number of pyridine rings is 2. The lowest BCUT2D eigenvalue weighted by Gasteiger charge is -2.15. The SMILES string of the molecule is C[C@@H](OC(=O)Nc1c(-c2ccc(NC(=O)C3CC3C#N)cn2)nnn1C)c1cc(F)cnc1Cl. The number of carbonyl (C=O) groups is 2. The molecule has 2 N–H and O–H groups in total. The van der Waals surface area contributed by atoms with Crippen molar-refractivity contribution in [3.05, 3.63) is 47.1 Å². The number of nitrogens with one attached hydrogen (secondary N) is 2. The number of amides is 2. The maximum absolute atomic E-state index is 13.5. The summed E-state index contributed by atoms with van der Waals surface area (Å²) in [6.07, 6.45) is 1.23. The second kappa shape index (κ2) is 9.40. The molecule has 1 aliphatic carbocycles. The Morgan fingerprint density at radius 3 is 2.79 bits per heavy atom. The van der Waals surface area contributed by atoms with Crippen molar-refractivity contribution in [3.8, 4) is 17.5 Å². The monoisotopic (exact) mass is 484 g/mol. The zero-order valence-corrected chi connectivity index (χ0v) is 18.7. The van der Waals surface area contributed by atoms with Crippen molar-refractivity contribution >= 4 is 35.1 Å². The van der Waals surface area contributed by atoms with Crippen molar-refractivity contribution in [2.75, 3.05) is 10.6 Å². The molecule has 3 aromatic rings. The standard InChI is InChI=1S/C21H18ClFN8O3/c1-10(14-6-12(23)8-26-18(14)22)34-21(33)28-19-17(29-30-31(19)2)16-4-3-13(9-25-16)27-20(32)15-5-11(15)7-24/h3-4,6,8-11,15H,5H2,1-2H3,(H,27,32)(H,28,33)/t10-,11?,15?/m1/s1. The summed E-state index contributed by atoms with van der Waals surface area (Å²) in [5, 5.41) is 22.1. The summed E-state index contributed by atoms with van der Waals surface area (Å²) < 4.78 is 20.1. The number of nitrogens with zero attached hydrogens (tertiary/aromatic N) is 6. The number of carbonyl (C=O) groups excluding carboxylic acids is 2. The molecule has 2 amide bonds. The highest BCUT2D eigenvalue weighted by Crippen LogP contribution is 2.38. The first-order valence-corrected chi connectivity index (χ1v) is 10.5. The van der Waals surface area contributed by atoms with E-state index >= 15 is 0 Å². The first kappa shape index (κ1) is 23.1. The molecular weight excluding hydrogens is 467 g/mol. The molecule has 0 spiro atoms. The summed E-state index contributed by atoms with van der Waals surface area (Å²) >= 11 is 5.96. The van der Waals surface area contributed by atoms with Crippen LogP contribution < -0.4 is 10.6 Å². The molecule has 174 valence electrons. The fourth-order valence-electron chi connectivity index (χ4n) is 3.21. The molecule has 0 aliphatic heterocycles. The average molecular weight is 485 g/mol. The van der Waals surface area contributed by atoms with Crippen LogP contribution in [-0.2, 0) is 16.6 Å². The van der Waals surface area contributed by atoms with Crippen LogP contribution in [0.2, 0.25) is 5.15 Å². The van der Waals surface area contributed by atoms with Crippen molar-refractivity contribution in [2.45, 2.75) is 19.4 Å². The van der Waals surface area contributed by atoms with Gasteiger partial charge in [0.25, 0.3) is 0 Å². The first-order chi connectivity index (χ1) is 16.3. The highest BCUT2D eigenvalue weighted by Gasteiger charge is 2.43. The van der Waals surface area contributed by atoms with Gasteiger partial charge in [0, 0.05) is 12.6 Å². The second-order valence-corrected chi connectivity index (χ2v) is 7.97. The Hall–Kier alpha value is -4.11.